The van der Waals surface area contributed by atoms with Crippen LogP contribution in [0.3, 0.4) is 0 Å². The summed E-state index contributed by atoms with van der Waals surface area (Å²) < 4.78 is 48.4. The van der Waals surface area contributed by atoms with E-state index in [9.17, 15) is 13.2 Å². The van der Waals surface area contributed by atoms with Crippen LogP contribution in [-0.2, 0) is 17.3 Å². The standard InChI is InChI=1S/C18H19F3O2/c1-13(15-6-8-17(9-7-15)23-12-22-2)10-14-4-3-5-16(11-14)18(19,20)21/h3-9,11,13H,10,12H2,1-2H3. The van der Waals surface area contributed by atoms with E-state index in [1.54, 1.807) is 13.2 Å². The van der Waals surface area contributed by atoms with Gasteiger partial charge in [-0.1, -0.05) is 37.3 Å². The Kier molecular flexibility index (Phi) is 5.66. The van der Waals surface area contributed by atoms with E-state index in [-0.39, 0.29) is 12.7 Å². The first-order valence-electron chi connectivity index (χ1n) is 7.28. The Hall–Kier alpha value is -2.01. The Morgan fingerprint density at radius 3 is 2.35 bits per heavy atom. The molecule has 0 amide bonds. The topological polar surface area (TPSA) is 18.5 Å². The highest BCUT2D eigenvalue weighted by Crippen LogP contribution is 2.31. The molecule has 0 N–H and O–H groups in total. The highest BCUT2D eigenvalue weighted by atomic mass is 19.4. The van der Waals surface area contributed by atoms with E-state index in [2.05, 4.69) is 0 Å². The highest BCUT2D eigenvalue weighted by molar-refractivity contribution is 5.32. The number of halogens is 3. The minimum absolute atomic E-state index is 0.106. The predicted octanol–water partition coefficient (Wildman–Crippen LogP) is 5.03. The molecule has 0 aliphatic heterocycles. The van der Waals surface area contributed by atoms with Gasteiger partial charge in [0.15, 0.2) is 6.79 Å². The van der Waals surface area contributed by atoms with Crippen LogP contribution in [0.25, 0.3) is 0 Å². The van der Waals surface area contributed by atoms with Gasteiger partial charge in [0.05, 0.1) is 5.56 Å². The average Bonchev–Trinajstić information content (AvgIpc) is 2.53. The van der Waals surface area contributed by atoms with Crippen molar-refractivity contribution >= 4 is 0 Å². The van der Waals surface area contributed by atoms with Crippen LogP contribution in [0.5, 0.6) is 5.75 Å². The molecule has 0 saturated heterocycles. The van der Waals surface area contributed by atoms with E-state index in [1.165, 1.54) is 12.1 Å². The molecule has 2 nitrogen and oxygen atoms in total. The van der Waals surface area contributed by atoms with Crippen LogP contribution >= 0.6 is 0 Å². The Labute approximate surface area is 133 Å². The summed E-state index contributed by atoms with van der Waals surface area (Å²) in [5.41, 5.74) is 1.12. The largest absolute Gasteiger partial charge is 0.468 e. The smallest absolute Gasteiger partial charge is 0.416 e. The summed E-state index contributed by atoms with van der Waals surface area (Å²) in [6.45, 7) is 2.17. The lowest BCUT2D eigenvalue weighted by Gasteiger charge is -2.14. The third-order valence-electron chi connectivity index (χ3n) is 3.59. The molecule has 1 atom stereocenters. The van der Waals surface area contributed by atoms with Crippen molar-refractivity contribution in [1.29, 1.82) is 0 Å². The lowest BCUT2D eigenvalue weighted by molar-refractivity contribution is -0.137. The van der Waals surface area contributed by atoms with E-state index in [0.717, 1.165) is 11.6 Å². The monoisotopic (exact) mass is 324 g/mol. The molecule has 2 aromatic carbocycles. The number of ether oxygens (including phenoxy) is 2. The van der Waals surface area contributed by atoms with Gasteiger partial charge in [0.25, 0.3) is 0 Å². The van der Waals surface area contributed by atoms with Crippen molar-refractivity contribution < 1.29 is 22.6 Å². The number of hydrogen-bond acceptors (Lipinski definition) is 2. The quantitative estimate of drug-likeness (QED) is 0.694. The van der Waals surface area contributed by atoms with E-state index < -0.39 is 11.7 Å². The molecule has 23 heavy (non-hydrogen) atoms. The number of alkyl halides is 3. The summed E-state index contributed by atoms with van der Waals surface area (Å²) in [5, 5.41) is 0. The van der Waals surface area contributed by atoms with Crippen LogP contribution in [0.2, 0.25) is 0 Å². The highest BCUT2D eigenvalue weighted by Gasteiger charge is 2.30. The number of benzene rings is 2. The molecule has 0 heterocycles. The van der Waals surface area contributed by atoms with E-state index in [4.69, 9.17) is 9.47 Å². The van der Waals surface area contributed by atoms with Gasteiger partial charge in [-0.3, -0.25) is 0 Å². The number of hydrogen-bond donors (Lipinski definition) is 0. The zero-order valence-corrected chi connectivity index (χ0v) is 13.1. The Bertz CT molecular complexity index is 621. The lowest BCUT2D eigenvalue weighted by Crippen LogP contribution is -2.06. The van der Waals surface area contributed by atoms with Crippen LogP contribution in [0, 0.1) is 0 Å². The lowest BCUT2D eigenvalue weighted by atomic mass is 9.93. The molecule has 1 unspecified atom stereocenters. The molecule has 0 bridgehead atoms. The molecule has 0 saturated carbocycles. The maximum Gasteiger partial charge on any atom is 0.416 e. The summed E-state index contributed by atoms with van der Waals surface area (Å²) in [7, 11) is 1.55. The second kappa shape index (κ2) is 7.51. The second-order valence-electron chi connectivity index (χ2n) is 5.42. The van der Waals surface area contributed by atoms with Crippen LogP contribution < -0.4 is 4.74 Å². The van der Waals surface area contributed by atoms with Gasteiger partial charge >= 0.3 is 6.18 Å². The Morgan fingerprint density at radius 2 is 1.74 bits per heavy atom. The van der Waals surface area contributed by atoms with Gasteiger partial charge in [0, 0.05) is 7.11 Å². The van der Waals surface area contributed by atoms with Crippen molar-refractivity contribution in [2.45, 2.75) is 25.4 Å². The summed E-state index contributed by atoms with van der Waals surface area (Å²) in [5.74, 6) is 0.803. The van der Waals surface area contributed by atoms with Crippen LogP contribution in [0.15, 0.2) is 48.5 Å². The third kappa shape index (κ3) is 4.99. The molecule has 0 spiro atoms. The molecule has 2 aromatic rings. The molecule has 0 fully saturated rings. The first-order valence-corrected chi connectivity index (χ1v) is 7.28. The van der Waals surface area contributed by atoms with Gasteiger partial charge in [-0.2, -0.15) is 13.2 Å². The van der Waals surface area contributed by atoms with Crippen molar-refractivity contribution in [2.24, 2.45) is 0 Å². The van der Waals surface area contributed by atoms with E-state index in [1.807, 2.05) is 31.2 Å². The number of rotatable bonds is 6. The fraction of sp³-hybridized carbons (Fsp3) is 0.333. The van der Waals surface area contributed by atoms with Crippen molar-refractivity contribution in [3.05, 3.63) is 65.2 Å². The SMILES string of the molecule is COCOc1ccc(C(C)Cc2cccc(C(F)(F)F)c2)cc1. The Balaban J connectivity index is 2.05. The molecule has 0 radical (unpaired) electrons. The van der Waals surface area contributed by atoms with Gasteiger partial charge in [-0.15, -0.1) is 0 Å². The maximum atomic E-state index is 12.8. The summed E-state index contributed by atoms with van der Waals surface area (Å²) in [6, 6.07) is 13.0. The van der Waals surface area contributed by atoms with Crippen LogP contribution in [0.1, 0.15) is 29.5 Å². The normalized spacial score (nSPS) is 12.9. The van der Waals surface area contributed by atoms with Gasteiger partial charge in [-0.25, -0.2) is 0 Å². The van der Waals surface area contributed by atoms with Gasteiger partial charge in [0.2, 0.25) is 0 Å². The minimum Gasteiger partial charge on any atom is -0.468 e. The molecule has 5 heteroatoms. The van der Waals surface area contributed by atoms with Crippen LogP contribution in [0.4, 0.5) is 13.2 Å². The third-order valence-corrected chi connectivity index (χ3v) is 3.59. The zero-order chi connectivity index (χ0) is 16.9. The first-order chi connectivity index (χ1) is 10.9. The Morgan fingerprint density at radius 1 is 1.04 bits per heavy atom. The van der Waals surface area contributed by atoms with Crippen molar-refractivity contribution in [2.75, 3.05) is 13.9 Å². The molecule has 0 aliphatic rings. The molecular weight excluding hydrogens is 305 g/mol. The van der Waals surface area contributed by atoms with E-state index >= 15 is 0 Å². The van der Waals surface area contributed by atoms with Crippen molar-refractivity contribution in [1.82, 2.24) is 0 Å². The first kappa shape index (κ1) is 17.3. The van der Waals surface area contributed by atoms with Gasteiger partial charge in [0.1, 0.15) is 5.75 Å². The zero-order valence-electron chi connectivity index (χ0n) is 13.1. The molecule has 124 valence electrons. The predicted molar refractivity (Wildman–Crippen MR) is 82.5 cm³/mol. The minimum atomic E-state index is -4.31. The van der Waals surface area contributed by atoms with Crippen molar-refractivity contribution in [3.8, 4) is 5.75 Å². The molecule has 0 aromatic heterocycles. The summed E-state index contributed by atoms with van der Waals surface area (Å²) in [6.07, 6.45) is -3.76. The average molecular weight is 324 g/mol. The number of methoxy groups -OCH3 is 1. The second-order valence-corrected chi connectivity index (χ2v) is 5.42. The van der Waals surface area contributed by atoms with Crippen LogP contribution in [-0.4, -0.2) is 13.9 Å². The molecular formula is C18H19F3O2. The van der Waals surface area contributed by atoms with Crippen molar-refractivity contribution in [3.63, 3.8) is 0 Å². The van der Waals surface area contributed by atoms with E-state index in [0.29, 0.717) is 17.7 Å². The molecule has 0 aliphatic carbocycles. The maximum absolute atomic E-state index is 12.8. The fourth-order valence-electron chi connectivity index (χ4n) is 2.37. The fourth-order valence-corrected chi connectivity index (χ4v) is 2.37. The summed E-state index contributed by atoms with van der Waals surface area (Å²) in [4.78, 5) is 0. The van der Waals surface area contributed by atoms with Gasteiger partial charge < -0.3 is 9.47 Å². The van der Waals surface area contributed by atoms with Gasteiger partial charge in [-0.05, 0) is 41.7 Å². The molecule has 2 rings (SSSR count). The summed E-state index contributed by atoms with van der Waals surface area (Å²) >= 11 is 0.